The van der Waals surface area contributed by atoms with Gasteiger partial charge in [0.1, 0.15) is 12.4 Å². The number of ether oxygens (including phenoxy) is 1. The van der Waals surface area contributed by atoms with E-state index in [1.165, 1.54) is 11.3 Å². The van der Waals surface area contributed by atoms with Crippen LogP contribution in [0.1, 0.15) is 20.0 Å². The highest BCUT2D eigenvalue weighted by Crippen LogP contribution is 2.22. The Kier molecular flexibility index (Phi) is 3.52. The molecule has 0 aliphatic carbocycles. The van der Waals surface area contributed by atoms with Crippen LogP contribution < -0.4 is 4.74 Å². The van der Waals surface area contributed by atoms with Crippen LogP contribution in [0.2, 0.25) is 0 Å². The quantitative estimate of drug-likeness (QED) is 0.815. The number of fused-ring (bicyclic) bond motifs is 1. The van der Waals surface area contributed by atoms with Crippen molar-refractivity contribution < 1.29 is 14.3 Å². The normalized spacial score (nSPS) is 14.4. The van der Waals surface area contributed by atoms with Crippen molar-refractivity contribution in [3.05, 3.63) is 52.2 Å². The molecule has 0 saturated heterocycles. The Balaban J connectivity index is 1.81. The fraction of sp³-hybridized carbons (Fsp3) is 0.200. The van der Waals surface area contributed by atoms with E-state index in [1.54, 1.807) is 29.2 Å². The number of ketones is 1. The van der Waals surface area contributed by atoms with Crippen molar-refractivity contribution in [1.29, 1.82) is 0 Å². The predicted octanol–water partition coefficient (Wildman–Crippen LogP) is 2.47. The van der Waals surface area contributed by atoms with E-state index >= 15 is 0 Å². The van der Waals surface area contributed by atoms with Crippen LogP contribution in [-0.4, -0.2) is 36.3 Å². The second-order valence-electron chi connectivity index (χ2n) is 4.47. The lowest BCUT2D eigenvalue weighted by Crippen LogP contribution is -2.36. The van der Waals surface area contributed by atoms with Crippen molar-refractivity contribution in [2.24, 2.45) is 0 Å². The number of Topliss-reactive ketones (excluding diaryl/α,β-unsaturated/α-hetero) is 1. The smallest absolute Gasteiger partial charge is 0.258 e. The zero-order chi connectivity index (χ0) is 13.9. The summed E-state index contributed by atoms with van der Waals surface area (Å²) >= 11 is 1.39. The second-order valence-corrected chi connectivity index (χ2v) is 5.42. The molecule has 0 radical (unpaired) electrons. The van der Waals surface area contributed by atoms with Gasteiger partial charge in [-0.15, -0.1) is 11.3 Å². The summed E-state index contributed by atoms with van der Waals surface area (Å²) in [7, 11) is 0. The molecule has 0 unspecified atom stereocenters. The molecule has 1 aromatic heterocycles. The fourth-order valence-electron chi connectivity index (χ4n) is 2.15. The molecule has 5 heteroatoms. The van der Waals surface area contributed by atoms with Crippen molar-refractivity contribution in [3.63, 3.8) is 0 Å². The number of thiophene rings is 1. The minimum atomic E-state index is -0.150. The first-order valence-electron chi connectivity index (χ1n) is 6.33. The Labute approximate surface area is 120 Å². The number of carbonyl (C=O) groups excluding carboxylic acids is 2. The number of hydrogen-bond acceptors (Lipinski definition) is 4. The van der Waals surface area contributed by atoms with Crippen molar-refractivity contribution in [2.75, 3.05) is 19.7 Å². The number of benzene rings is 1. The predicted molar refractivity (Wildman–Crippen MR) is 76.5 cm³/mol. The molecule has 0 fully saturated rings. The van der Waals surface area contributed by atoms with Crippen molar-refractivity contribution >= 4 is 23.0 Å². The summed E-state index contributed by atoms with van der Waals surface area (Å²) in [4.78, 5) is 26.8. The number of amides is 1. The summed E-state index contributed by atoms with van der Waals surface area (Å²) in [6.07, 6.45) is 0. The molecule has 0 bridgehead atoms. The number of para-hydroxylation sites is 1. The van der Waals surface area contributed by atoms with Gasteiger partial charge in [-0.25, -0.2) is 0 Å². The number of nitrogens with zero attached hydrogens (tertiary/aromatic N) is 1. The third kappa shape index (κ3) is 2.44. The van der Waals surface area contributed by atoms with Crippen LogP contribution in [0.5, 0.6) is 5.75 Å². The Morgan fingerprint density at radius 2 is 2.10 bits per heavy atom. The van der Waals surface area contributed by atoms with Crippen LogP contribution in [0.4, 0.5) is 0 Å². The minimum Gasteiger partial charge on any atom is -0.491 e. The fourth-order valence-corrected chi connectivity index (χ4v) is 2.80. The molecule has 20 heavy (non-hydrogen) atoms. The van der Waals surface area contributed by atoms with Gasteiger partial charge in [-0.3, -0.25) is 9.59 Å². The SMILES string of the molecule is O=C(CN1CCOc2ccccc2C1=O)c1cccs1. The molecular weight excluding hydrogens is 274 g/mol. The van der Waals surface area contributed by atoms with Crippen LogP contribution in [-0.2, 0) is 0 Å². The highest BCUT2D eigenvalue weighted by molar-refractivity contribution is 7.12. The summed E-state index contributed by atoms with van der Waals surface area (Å²) in [5, 5.41) is 1.86. The molecule has 0 N–H and O–H groups in total. The highest BCUT2D eigenvalue weighted by atomic mass is 32.1. The summed E-state index contributed by atoms with van der Waals surface area (Å²) in [6.45, 7) is 0.919. The van der Waals surface area contributed by atoms with E-state index in [0.717, 1.165) is 0 Å². The van der Waals surface area contributed by atoms with Gasteiger partial charge in [-0.2, -0.15) is 0 Å². The lowest BCUT2D eigenvalue weighted by molar-refractivity contribution is 0.0710. The maximum Gasteiger partial charge on any atom is 0.258 e. The minimum absolute atomic E-state index is 0.0345. The molecular formula is C15H13NO3S. The summed E-state index contributed by atoms with van der Waals surface area (Å²) < 4.78 is 5.55. The van der Waals surface area contributed by atoms with E-state index in [9.17, 15) is 9.59 Å². The monoisotopic (exact) mass is 287 g/mol. The highest BCUT2D eigenvalue weighted by Gasteiger charge is 2.25. The zero-order valence-corrected chi connectivity index (χ0v) is 11.6. The molecule has 0 saturated carbocycles. The van der Waals surface area contributed by atoms with E-state index in [-0.39, 0.29) is 18.2 Å². The number of carbonyl (C=O) groups is 2. The molecule has 2 aromatic rings. The van der Waals surface area contributed by atoms with Crippen LogP contribution in [0.3, 0.4) is 0 Å². The van der Waals surface area contributed by atoms with Gasteiger partial charge in [-0.05, 0) is 23.6 Å². The van der Waals surface area contributed by atoms with Gasteiger partial charge in [0, 0.05) is 0 Å². The van der Waals surface area contributed by atoms with E-state index in [1.807, 2.05) is 17.5 Å². The van der Waals surface area contributed by atoms with Gasteiger partial charge >= 0.3 is 0 Å². The summed E-state index contributed by atoms with van der Waals surface area (Å²) in [6, 6.07) is 10.7. The van der Waals surface area contributed by atoms with Crippen LogP contribution in [0, 0.1) is 0 Å². The Morgan fingerprint density at radius 1 is 1.25 bits per heavy atom. The molecule has 1 aliphatic rings. The summed E-state index contributed by atoms with van der Waals surface area (Å²) in [5.41, 5.74) is 0.518. The number of rotatable bonds is 3. The Hall–Kier alpha value is -2.14. The van der Waals surface area contributed by atoms with Gasteiger partial charge in [0.15, 0.2) is 5.78 Å². The van der Waals surface area contributed by atoms with Crippen molar-refractivity contribution in [1.82, 2.24) is 4.90 Å². The van der Waals surface area contributed by atoms with Gasteiger partial charge in [0.25, 0.3) is 5.91 Å². The molecule has 3 rings (SSSR count). The molecule has 4 nitrogen and oxygen atoms in total. The Morgan fingerprint density at radius 3 is 2.90 bits per heavy atom. The molecule has 0 spiro atoms. The largest absolute Gasteiger partial charge is 0.491 e. The first kappa shape index (κ1) is 12.9. The van der Waals surface area contributed by atoms with Gasteiger partial charge in [0.2, 0.25) is 0 Å². The van der Waals surface area contributed by atoms with Crippen LogP contribution >= 0.6 is 11.3 Å². The maximum atomic E-state index is 12.4. The van der Waals surface area contributed by atoms with E-state index < -0.39 is 0 Å². The third-order valence-corrected chi connectivity index (χ3v) is 4.06. The molecule has 102 valence electrons. The van der Waals surface area contributed by atoms with Crippen molar-refractivity contribution in [2.45, 2.75) is 0 Å². The Bertz CT molecular complexity index is 636. The molecule has 1 aliphatic heterocycles. The lowest BCUT2D eigenvalue weighted by Gasteiger charge is -2.18. The molecule has 1 aromatic carbocycles. The lowest BCUT2D eigenvalue weighted by atomic mass is 10.1. The molecule has 0 atom stereocenters. The first-order chi connectivity index (χ1) is 9.75. The van der Waals surface area contributed by atoms with Crippen LogP contribution in [0.25, 0.3) is 0 Å². The second kappa shape index (κ2) is 5.46. The van der Waals surface area contributed by atoms with Crippen LogP contribution in [0.15, 0.2) is 41.8 Å². The average molecular weight is 287 g/mol. The van der Waals surface area contributed by atoms with Gasteiger partial charge < -0.3 is 9.64 Å². The molecule has 1 amide bonds. The molecule has 2 heterocycles. The topological polar surface area (TPSA) is 46.6 Å². The standard InChI is InChI=1S/C15H13NO3S/c17-12(14-6-3-9-20-14)10-16-7-8-19-13-5-2-1-4-11(13)15(16)18/h1-6,9H,7-8,10H2. The van der Waals surface area contributed by atoms with E-state index in [4.69, 9.17) is 4.74 Å². The zero-order valence-electron chi connectivity index (χ0n) is 10.7. The van der Waals surface area contributed by atoms with E-state index in [2.05, 4.69) is 0 Å². The number of hydrogen-bond donors (Lipinski definition) is 0. The van der Waals surface area contributed by atoms with E-state index in [0.29, 0.717) is 29.3 Å². The van der Waals surface area contributed by atoms with Gasteiger partial charge in [-0.1, -0.05) is 18.2 Å². The average Bonchev–Trinajstić information content (AvgIpc) is 2.95. The summed E-state index contributed by atoms with van der Waals surface area (Å²) in [5.74, 6) is 0.402. The first-order valence-corrected chi connectivity index (χ1v) is 7.21. The maximum absolute atomic E-state index is 12.4. The third-order valence-electron chi connectivity index (χ3n) is 3.15. The van der Waals surface area contributed by atoms with Crippen molar-refractivity contribution in [3.8, 4) is 5.75 Å². The van der Waals surface area contributed by atoms with Gasteiger partial charge in [0.05, 0.1) is 23.5 Å².